The van der Waals surface area contributed by atoms with Crippen molar-refractivity contribution in [1.82, 2.24) is 15.1 Å². The van der Waals surface area contributed by atoms with Gasteiger partial charge in [0.15, 0.2) is 0 Å². The molecule has 0 saturated heterocycles. The molecule has 29 heavy (non-hydrogen) atoms. The zero-order chi connectivity index (χ0) is 21.1. The molecule has 3 N–H and O–H groups in total. The number of benzene rings is 2. The van der Waals surface area contributed by atoms with Gasteiger partial charge in [-0.15, -0.1) is 0 Å². The zero-order valence-electron chi connectivity index (χ0n) is 14.7. The zero-order valence-corrected chi connectivity index (χ0v) is 15.4. The van der Waals surface area contributed by atoms with Crippen LogP contribution in [0.4, 0.5) is 8.78 Å². The number of nitrogens with one attached hydrogen (secondary N) is 2. The fourth-order valence-electron chi connectivity index (χ4n) is 2.80. The smallest absolute Gasteiger partial charge is 0.305 e. The van der Waals surface area contributed by atoms with Crippen LogP contribution in [0.2, 0.25) is 5.02 Å². The van der Waals surface area contributed by atoms with Gasteiger partial charge < -0.3 is 10.4 Å². The topological polar surface area (TPSA) is 104 Å². The van der Waals surface area contributed by atoms with Gasteiger partial charge in [0.25, 0.3) is 11.5 Å². The van der Waals surface area contributed by atoms with E-state index in [9.17, 15) is 23.2 Å². The van der Waals surface area contributed by atoms with Crippen molar-refractivity contribution in [3.8, 4) is 5.69 Å². The molecule has 0 spiro atoms. The van der Waals surface area contributed by atoms with Gasteiger partial charge in [-0.3, -0.25) is 19.5 Å². The molecule has 0 saturated carbocycles. The Bertz CT molecular complexity index is 1120. The van der Waals surface area contributed by atoms with Crippen LogP contribution in [0.1, 0.15) is 28.5 Å². The van der Waals surface area contributed by atoms with E-state index in [1.165, 1.54) is 6.07 Å². The summed E-state index contributed by atoms with van der Waals surface area (Å²) < 4.78 is 29.2. The fourth-order valence-corrected chi connectivity index (χ4v) is 2.98. The lowest BCUT2D eigenvalue weighted by atomic mass is 10.0. The second kappa shape index (κ2) is 8.27. The normalized spacial score (nSPS) is 11.8. The lowest BCUT2D eigenvalue weighted by Crippen LogP contribution is -2.31. The van der Waals surface area contributed by atoms with E-state index in [4.69, 9.17) is 16.7 Å². The third-order valence-electron chi connectivity index (χ3n) is 4.06. The van der Waals surface area contributed by atoms with Crippen molar-refractivity contribution in [3.05, 3.63) is 86.8 Å². The molecule has 150 valence electrons. The molecule has 0 aliphatic rings. The van der Waals surface area contributed by atoms with Gasteiger partial charge in [0.1, 0.15) is 17.3 Å². The van der Waals surface area contributed by atoms with Gasteiger partial charge in [-0.1, -0.05) is 23.7 Å². The van der Waals surface area contributed by atoms with Crippen molar-refractivity contribution in [1.29, 1.82) is 0 Å². The summed E-state index contributed by atoms with van der Waals surface area (Å²) in [6, 6.07) is 8.80. The highest BCUT2D eigenvalue weighted by Gasteiger charge is 2.26. The van der Waals surface area contributed by atoms with E-state index in [1.54, 1.807) is 18.2 Å². The Labute approximate surface area is 167 Å². The van der Waals surface area contributed by atoms with Crippen molar-refractivity contribution in [2.75, 3.05) is 0 Å². The predicted molar refractivity (Wildman–Crippen MR) is 100 cm³/mol. The minimum Gasteiger partial charge on any atom is -0.481 e. The molecule has 0 fully saturated rings. The van der Waals surface area contributed by atoms with Crippen LogP contribution in [0.5, 0.6) is 0 Å². The molecular formula is C19H14ClF2N3O4. The summed E-state index contributed by atoms with van der Waals surface area (Å²) in [5.41, 5.74) is -1.02. The Balaban J connectivity index is 1.92. The van der Waals surface area contributed by atoms with Crippen LogP contribution in [0.3, 0.4) is 0 Å². The fraction of sp³-hybridized carbons (Fsp3) is 0.105. The van der Waals surface area contributed by atoms with E-state index in [1.807, 2.05) is 0 Å². The first-order chi connectivity index (χ1) is 13.8. The number of nitrogens with zero attached hydrogens (tertiary/aromatic N) is 1. The lowest BCUT2D eigenvalue weighted by Gasteiger charge is -2.18. The van der Waals surface area contributed by atoms with Crippen LogP contribution in [0.15, 0.2) is 53.3 Å². The molecule has 0 unspecified atom stereocenters. The molecular weight excluding hydrogens is 408 g/mol. The summed E-state index contributed by atoms with van der Waals surface area (Å²) in [5.74, 6) is -4.28. The summed E-state index contributed by atoms with van der Waals surface area (Å²) in [6.45, 7) is 0. The van der Waals surface area contributed by atoms with E-state index in [-0.39, 0.29) is 5.69 Å². The van der Waals surface area contributed by atoms with Gasteiger partial charge in [0.2, 0.25) is 0 Å². The largest absolute Gasteiger partial charge is 0.481 e. The molecule has 0 radical (unpaired) electrons. The molecule has 1 heterocycles. The second-order valence-corrected chi connectivity index (χ2v) is 6.52. The van der Waals surface area contributed by atoms with Crippen LogP contribution < -0.4 is 10.9 Å². The van der Waals surface area contributed by atoms with Gasteiger partial charge >= 0.3 is 5.97 Å². The number of aliphatic carboxylic acids is 1. The van der Waals surface area contributed by atoms with Gasteiger partial charge in [0, 0.05) is 16.7 Å². The maximum atomic E-state index is 14.1. The number of carbonyl (C=O) groups is 2. The highest BCUT2D eigenvalue weighted by molar-refractivity contribution is 6.30. The highest BCUT2D eigenvalue weighted by atomic mass is 35.5. The number of carboxylic acids is 1. The number of carbonyl (C=O) groups excluding carboxylic acids is 1. The number of aromatic nitrogens is 2. The lowest BCUT2D eigenvalue weighted by molar-refractivity contribution is -0.137. The third kappa shape index (κ3) is 4.52. The number of aromatic amines is 1. The highest BCUT2D eigenvalue weighted by Crippen LogP contribution is 2.24. The van der Waals surface area contributed by atoms with Crippen molar-refractivity contribution >= 4 is 23.5 Å². The van der Waals surface area contributed by atoms with Crippen molar-refractivity contribution in [3.63, 3.8) is 0 Å². The number of amides is 1. The SMILES string of the molecule is O=C(O)C[C@H](NC(=O)c1cc(=O)n(-c2cccc(Cl)c2)[nH]1)c1c(F)cccc1F. The Kier molecular flexibility index (Phi) is 5.79. The predicted octanol–water partition coefficient (Wildman–Crippen LogP) is 3.04. The van der Waals surface area contributed by atoms with E-state index in [2.05, 4.69) is 10.4 Å². The Morgan fingerprint density at radius 3 is 2.41 bits per heavy atom. The Morgan fingerprint density at radius 1 is 1.14 bits per heavy atom. The van der Waals surface area contributed by atoms with Crippen LogP contribution in [0.25, 0.3) is 5.69 Å². The summed E-state index contributed by atoms with van der Waals surface area (Å²) >= 11 is 5.90. The van der Waals surface area contributed by atoms with Crippen LogP contribution in [-0.4, -0.2) is 26.8 Å². The van der Waals surface area contributed by atoms with Gasteiger partial charge in [-0.05, 0) is 30.3 Å². The van der Waals surface area contributed by atoms with E-state index in [0.29, 0.717) is 10.7 Å². The van der Waals surface area contributed by atoms with E-state index >= 15 is 0 Å². The van der Waals surface area contributed by atoms with E-state index in [0.717, 1.165) is 28.9 Å². The minimum atomic E-state index is -1.49. The summed E-state index contributed by atoms with van der Waals surface area (Å²) in [6.07, 6.45) is -0.761. The van der Waals surface area contributed by atoms with Crippen molar-refractivity contribution < 1.29 is 23.5 Å². The quantitative estimate of drug-likeness (QED) is 0.569. The molecule has 7 nitrogen and oxygen atoms in total. The molecule has 0 bridgehead atoms. The van der Waals surface area contributed by atoms with E-state index < -0.39 is 47.1 Å². The molecule has 3 aromatic rings. The first-order valence-electron chi connectivity index (χ1n) is 8.31. The number of halogens is 3. The number of carboxylic acid groups (broad SMARTS) is 1. The number of hydrogen-bond donors (Lipinski definition) is 3. The van der Waals surface area contributed by atoms with Crippen molar-refractivity contribution in [2.24, 2.45) is 0 Å². The number of H-pyrrole nitrogens is 1. The summed E-state index contributed by atoms with van der Waals surface area (Å²) in [5, 5.41) is 14.2. The standard InChI is InChI=1S/C19H14ClF2N3O4/c20-10-3-1-4-11(7-10)25-16(26)8-15(24-25)19(29)23-14(9-17(27)28)18-12(21)5-2-6-13(18)22/h1-8,14,24H,9H2,(H,23,29)(H,27,28)/t14-/m0/s1. The van der Waals surface area contributed by atoms with Crippen LogP contribution >= 0.6 is 11.6 Å². The second-order valence-electron chi connectivity index (χ2n) is 6.08. The molecule has 1 atom stereocenters. The number of rotatable bonds is 6. The molecule has 3 rings (SSSR count). The minimum absolute atomic E-state index is 0.220. The summed E-state index contributed by atoms with van der Waals surface area (Å²) in [4.78, 5) is 35.9. The molecule has 1 aromatic heterocycles. The van der Waals surface area contributed by atoms with Crippen LogP contribution in [0, 0.1) is 11.6 Å². The monoisotopic (exact) mass is 421 g/mol. The average molecular weight is 422 g/mol. The molecule has 1 amide bonds. The molecule has 0 aliphatic heterocycles. The Morgan fingerprint density at radius 2 is 1.79 bits per heavy atom. The molecule has 0 aliphatic carbocycles. The maximum absolute atomic E-state index is 14.1. The Hall–Kier alpha value is -3.46. The average Bonchev–Trinajstić information content (AvgIpc) is 3.03. The van der Waals surface area contributed by atoms with Gasteiger partial charge in [-0.25, -0.2) is 13.5 Å². The summed E-state index contributed by atoms with van der Waals surface area (Å²) in [7, 11) is 0. The van der Waals surface area contributed by atoms with Gasteiger partial charge in [-0.2, -0.15) is 0 Å². The van der Waals surface area contributed by atoms with Crippen molar-refractivity contribution in [2.45, 2.75) is 12.5 Å². The molecule has 2 aromatic carbocycles. The molecule has 10 heteroatoms. The third-order valence-corrected chi connectivity index (χ3v) is 4.30. The maximum Gasteiger partial charge on any atom is 0.305 e. The number of hydrogen-bond acceptors (Lipinski definition) is 3. The first kappa shape index (κ1) is 20.3. The van der Waals surface area contributed by atoms with Crippen LogP contribution in [-0.2, 0) is 4.79 Å². The van der Waals surface area contributed by atoms with Gasteiger partial charge in [0.05, 0.1) is 18.2 Å². The first-order valence-corrected chi connectivity index (χ1v) is 8.68.